The SMILES string of the molecule is COc1cc2c(cc1OC)n(CC(=O)NCc1ccc3c(c1)OCO3)n1c(C)cc(=O)nc21. The van der Waals surface area contributed by atoms with Crippen molar-refractivity contribution in [2.75, 3.05) is 21.0 Å². The molecule has 3 heterocycles. The summed E-state index contributed by atoms with van der Waals surface area (Å²) in [4.78, 5) is 29.2. The zero-order valence-corrected chi connectivity index (χ0v) is 18.4. The summed E-state index contributed by atoms with van der Waals surface area (Å²) in [5.41, 5.74) is 2.32. The first-order chi connectivity index (χ1) is 16.0. The van der Waals surface area contributed by atoms with Gasteiger partial charge < -0.3 is 24.3 Å². The number of benzene rings is 2. The maximum atomic E-state index is 12.9. The molecule has 4 aromatic rings. The van der Waals surface area contributed by atoms with E-state index < -0.39 is 0 Å². The lowest BCUT2D eigenvalue weighted by Gasteiger charge is -2.12. The van der Waals surface area contributed by atoms with Gasteiger partial charge in [-0.2, -0.15) is 4.98 Å². The third-order valence-electron chi connectivity index (χ3n) is 5.57. The van der Waals surface area contributed by atoms with E-state index in [1.807, 2.05) is 18.2 Å². The number of carbonyl (C=O) groups excluding carboxylic acids is 1. The lowest BCUT2D eigenvalue weighted by molar-refractivity contribution is -0.122. The van der Waals surface area contributed by atoms with Crippen LogP contribution >= 0.6 is 0 Å². The molecular formula is C23H22N4O6. The van der Waals surface area contributed by atoms with Gasteiger partial charge in [0, 0.05) is 29.8 Å². The first-order valence-corrected chi connectivity index (χ1v) is 10.3. The predicted octanol–water partition coefficient (Wildman–Crippen LogP) is 2.02. The molecule has 170 valence electrons. The van der Waals surface area contributed by atoms with E-state index in [0.29, 0.717) is 51.8 Å². The van der Waals surface area contributed by atoms with Crippen molar-refractivity contribution in [3.05, 3.63) is 58.0 Å². The average molecular weight is 450 g/mol. The topological polar surface area (TPSA) is 105 Å². The Balaban J connectivity index is 1.50. The van der Waals surface area contributed by atoms with Crippen molar-refractivity contribution in [3.8, 4) is 23.0 Å². The fourth-order valence-electron chi connectivity index (χ4n) is 4.04. The number of aryl methyl sites for hydroxylation is 1. The van der Waals surface area contributed by atoms with E-state index >= 15 is 0 Å². The molecule has 5 rings (SSSR count). The zero-order chi connectivity index (χ0) is 23.1. The van der Waals surface area contributed by atoms with Crippen molar-refractivity contribution in [1.29, 1.82) is 0 Å². The molecule has 0 bridgehead atoms. The second-order valence-corrected chi connectivity index (χ2v) is 7.62. The van der Waals surface area contributed by atoms with E-state index in [2.05, 4.69) is 10.3 Å². The van der Waals surface area contributed by atoms with Crippen LogP contribution in [0.4, 0.5) is 0 Å². The predicted molar refractivity (Wildman–Crippen MR) is 119 cm³/mol. The summed E-state index contributed by atoms with van der Waals surface area (Å²) in [7, 11) is 3.08. The van der Waals surface area contributed by atoms with Gasteiger partial charge in [-0.05, 0) is 30.7 Å². The molecule has 33 heavy (non-hydrogen) atoms. The third-order valence-corrected chi connectivity index (χ3v) is 5.57. The Labute approximate surface area is 188 Å². The molecule has 1 amide bonds. The number of hydrogen-bond acceptors (Lipinski definition) is 7. The molecule has 1 N–H and O–H groups in total. The molecule has 0 saturated carbocycles. The van der Waals surface area contributed by atoms with Crippen LogP contribution in [-0.4, -0.2) is 41.1 Å². The van der Waals surface area contributed by atoms with Crippen molar-refractivity contribution in [1.82, 2.24) is 19.5 Å². The van der Waals surface area contributed by atoms with Crippen molar-refractivity contribution >= 4 is 22.5 Å². The quantitative estimate of drug-likeness (QED) is 0.479. The molecule has 10 nitrogen and oxygen atoms in total. The number of carbonyl (C=O) groups is 1. The Morgan fingerprint density at radius 3 is 2.64 bits per heavy atom. The summed E-state index contributed by atoms with van der Waals surface area (Å²) >= 11 is 0. The van der Waals surface area contributed by atoms with Crippen LogP contribution in [0.1, 0.15) is 11.3 Å². The van der Waals surface area contributed by atoms with Crippen LogP contribution < -0.4 is 29.8 Å². The van der Waals surface area contributed by atoms with Crippen molar-refractivity contribution in [2.45, 2.75) is 20.0 Å². The molecule has 0 aliphatic carbocycles. The first-order valence-electron chi connectivity index (χ1n) is 10.3. The fourth-order valence-corrected chi connectivity index (χ4v) is 4.04. The normalized spacial score (nSPS) is 12.3. The molecule has 0 saturated heterocycles. The van der Waals surface area contributed by atoms with Crippen LogP contribution in [0.5, 0.6) is 23.0 Å². The van der Waals surface area contributed by atoms with E-state index in [9.17, 15) is 9.59 Å². The summed E-state index contributed by atoms with van der Waals surface area (Å²) in [5, 5.41) is 3.61. The Morgan fingerprint density at radius 2 is 1.85 bits per heavy atom. The lowest BCUT2D eigenvalue weighted by Crippen LogP contribution is -2.29. The molecule has 0 atom stereocenters. The van der Waals surface area contributed by atoms with Gasteiger partial charge in [0.05, 0.1) is 19.7 Å². The van der Waals surface area contributed by atoms with Gasteiger partial charge in [-0.3, -0.25) is 14.3 Å². The minimum atomic E-state index is -0.353. The monoisotopic (exact) mass is 450 g/mol. The van der Waals surface area contributed by atoms with Gasteiger partial charge in [0.2, 0.25) is 12.7 Å². The largest absolute Gasteiger partial charge is 0.493 e. The van der Waals surface area contributed by atoms with E-state index in [4.69, 9.17) is 18.9 Å². The van der Waals surface area contributed by atoms with Gasteiger partial charge in [0.25, 0.3) is 5.56 Å². The van der Waals surface area contributed by atoms with Crippen LogP contribution in [-0.2, 0) is 17.9 Å². The number of amides is 1. The highest BCUT2D eigenvalue weighted by Gasteiger charge is 2.19. The summed E-state index contributed by atoms with van der Waals surface area (Å²) in [6.45, 7) is 2.33. The Morgan fingerprint density at radius 1 is 1.09 bits per heavy atom. The number of ether oxygens (including phenoxy) is 4. The lowest BCUT2D eigenvalue weighted by atomic mass is 10.2. The van der Waals surface area contributed by atoms with Crippen LogP contribution in [0.2, 0.25) is 0 Å². The maximum Gasteiger partial charge on any atom is 0.273 e. The number of rotatable bonds is 6. The number of nitrogens with one attached hydrogen (secondary N) is 1. The van der Waals surface area contributed by atoms with Crippen LogP contribution in [0, 0.1) is 6.92 Å². The van der Waals surface area contributed by atoms with E-state index in [-0.39, 0.29) is 24.8 Å². The van der Waals surface area contributed by atoms with Gasteiger partial charge >= 0.3 is 0 Å². The van der Waals surface area contributed by atoms with E-state index in [1.54, 1.807) is 35.4 Å². The minimum absolute atomic E-state index is 0.00538. The van der Waals surface area contributed by atoms with Gasteiger partial charge in [-0.1, -0.05) is 6.07 Å². The summed E-state index contributed by atoms with van der Waals surface area (Å²) in [6.07, 6.45) is 0. The van der Waals surface area contributed by atoms with Crippen molar-refractivity contribution in [2.24, 2.45) is 0 Å². The highest BCUT2D eigenvalue weighted by atomic mass is 16.7. The molecule has 1 aliphatic rings. The number of nitrogens with zero attached hydrogens (tertiary/aromatic N) is 3. The van der Waals surface area contributed by atoms with Gasteiger partial charge in [0.15, 0.2) is 28.6 Å². The number of fused-ring (bicyclic) bond motifs is 4. The van der Waals surface area contributed by atoms with Crippen molar-refractivity contribution in [3.63, 3.8) is 0 Å². The molecule has 2 aromatic heterocycles. The summed E-state index contributed by atoms with van der Waals surface area (Å²) in [5.74, 6) is 2.16. The highest BCUT2D eigenvalue weighted by molar-refractivity contribution is 5.96. The number of methoxy groups -OCH3 is 2. The molecule has 1 aliphatic heterocycles. The zero-order valence-electron chi connectivity index (χ0n) is 18.4. The first kappa shape index (κ1) is 20.7. The minimum Gasteiger partial charge on any atom is -0.493 e. The Hall–Kier alpha value is -4.21. The number of aromatic nitrogens is 3. The van der Waals surface area contributed by atoms with Crippen molar-refractivity contribution < 1.29 is 23.7 Å². The van der Waals surface area contributed by atoms with E-state index in [1.165, 1.54) is 13.2 Å². The van der Waals surface area contributed by atoms with Gasteiger partial charge in [-0.15, -0.1) is 0 Å². The van der Waals surface area contributed by atoms with E-state index in [0.717, 1.165) is 5.56 Å². The maximum absolute atomic E-state index is 12.9. The molecule has 10 heteroatoms. The molecule has 0 fully saturated rings. The second-order valence-electron chi connectivity index (χ2n) is 7.62. The number of hydrogen-bond donors (Lipinski definition) is 1. The standard InChI is InChI=1S/C23H22N4O6/c1-13-6-21(28)25-23-15-8-18(30-2)19(31-3)9-16(15)26(27(13)23)11-22(29)24-10-14-4-5-17-20(7-14)33-12-32-17/h4-9H,10-12H2,1-3H3,(H,24,29). The van der Waals surface area contributed by atoms with Crippen LogP contribution in [0.15, 0.2) is 41.2 Å². The third kappa shape index (κ3) is 3.59. The fraction of sp³-hybridized carbons (Fsp3) is 0.261. The van der Waals surface area contributed by atoms with Gasteiger partial charge in [-0.25, -0.2) is 4.52 Å². The van der Waals surface area contributed by atoms with Crippen LogP contribution in [0.25, 0.3) is 16.6 Å². The summed E-state index contributed by atoms with van der Waals surface area (Å²) in [6, 6.07) is 10.5. The highest BCUT2D eigenvalue weighted by Crippen LogP contribution is 2.35. The Bertz CT molecular complexity index is 1460. The molecule has 2 aromatic carbocycles. The summed E-state index contributed by atoms with van der Waals surface area (Å²) < 4.78 is 25.1. The van der Waals surface area contributed by atoms with Crippen LogP contribution in [0.3, 0.4) is 0 Å². The molecule has 0 radical (unpaired) electrons. The average Bonchev–Trinajstić information content (AvgIpc) is 3.39. The second kappa shape index (κ2) is 8.05. The molecule has 0 unspecified atom stereocenters. The smallest absolute Gasteiger partial charge is 0.273 e. The molecular weight excluding hydrogens is 428 g/mol. The Kier molecular flexibility index (Phi) is 5.04. The van der Waals surface area contributed by atoms with Gasteiger partial charge in [0.1, 0.15) is 6.54 Å². The molecule has 0 spiro atoms.